The van der Waals surface area contributed by atoms with Crippen LogP contribution in [0, 0.1) is 0 Å². The first-order valence-electron chi connectivity index (χ1n) is 10.3. The van der Waals surface area contributed by atoms with E-state index in [4.69, 9.17) is 9.47 Å². The van der Waals surface area contributed by atoms with Crippen LogP contribution in [0.15, 0.2) is 72.8 Å². The van der Waals surface area contributed by atoms with Crippen molar-refractivity contribution in [2.24, 2.45) is 0 Å². The van der Waals surface area contributed by atoms with E-state index in [9.17, 15) is 9.90 Å². The maximum atomic E-state index is 12.2. The minimum absolute atomic E-state index is 0.154. The zero-order chi connectivity index (χ0) is 20.8. The van der Waals surface area contributed by atoms with Gasteiger partial charge in [-0.3, -0.25) is 0 Å². The van der Waals surface area contributed by atoms with Crippen LogP contribution in [0.5, 0.6) is 17.2 Å². The van der Waals surface area contributed by atoms with Gasteiger partial charge < -0.3 is 19.9 Å². The standard InChI is InChI=1S/C25H25NO4/c27-22-15-20(16-24(17-22)29-14-12-21-7-4-13-26-21)18-8-10-23(11-9-18)30-25(28)19-5-2-1-3-6-19/h1-3,5-6,8-11,15-17,21,26-27H,4,7,12-14H2. The molecule has 0 aromatic heterocycles. The molecular formula is C25H25NO4. The van der Waals surface area contributed by atoms with Crippen LogP contribution in [0.25, 0.3) is 11.1 Å². The van der Waals surface area contributed by atoms with Gasteiger partial charge in [-0.15, -0.1) is 0 Å². The summed E-state index contributed by atoms with van der Waals surface area (Å²) in [4.78, 5) is 12.2. The molecule has 1 unspecified atom stereocenters. The molecule has 0 aliphatic carbocycles. The highest BCUT2D eigenvalue weighted by molar-refractivity contribution is 5.91. The van der Waals surface area contributed by atoms with Crippen LogP contribution < -0.4 is 14.8 Å². The number of esters is 1. The normalized spacial score (nSPS) is 15.7. The highest BCUT2D eigenvalue weighted by atomic mass is 16.5. The predicted molar refractivity (Wildman–Crippen MR) is 116 cm³/mol. The van der Waals surface area contributed by atoms with Crippen LogP contribution in [-0.4, -0.2) is 30.3 Å². The van der Waals surface area contributed by atoms with Gasteiger partial charge in [-0.1, -0.05) is 30.3 Å². The average Bonchev–Trinajstić information content (AvgIpc) is 3.28. The summed E-state index contributed by atoms with van der Waals surface area (Å²) in [7, 11) is 0. The van der Waals surface area contributed by atoms with Crippen molar-refractivity contribution in [3.8, 4) is 28.4 Å². The molecule has 30 heavy (non-hydrogen) atoms. The summed E-state index contributed by atoms with van der Waals surface area (Å²) < 4.78 is 11.3. The molecule has 0 amide bonds. The number of phenolic OH excluding ortho intramolecular Hbond substituents is 1. The van der Waals surface area contributed by atoms with Crippen LogP contribution in [0.1, 0.15) is 29.6 Å². The molecule has 0 spiro atoms. The zero-order valence-electron chi connectivity index (χ0n) is 16.7. The second-order valence-corrected chi connectivity index (χ2v) is 7.43. The molecule has 5 heteroatoms. The van der Waals surface area contributed by atoms with Gasteiger partial charge in [0.05, 0.1) is 12.2 Å². The van der Waals surface area contributed by atoms with E-state index in [-0.39, 0.29) is 5.75 Å². The van der Waals surface area contributed by atoms with Gasteiger partial charge in [0.2, 0.25) is 0 Å². The first kappa shape index (κ1) is 20.0. The molecule has 1 aliphatic heterocycles. The van der Waals surface area contributed by atoms with E-state index < -0.39 is 5.97 Å². The Labute approximate surface area is 176 Å². The van der Waals surface area contributed by atoms with Gasteiger partial charge in [-0.05, 0) is 73.3 Å². The molecule has 0 bridgehead atoms. The molecule has 3 aromatic carbocycles. The summed E-state index contributed by atoms with van der Waals surface area (Å²) in [5.74, 6) is 0.866. The number of hydrogen-bond donors (Lipinski definition) is 2. The number of rotatable bonds is 7. The molecule has 3 aromatic rings. The van der Waals surface area contributed by atoms with Crippen molar-refractivity contribution < 1.29 is 19.4 Å². The molecule has 154 valence electrons. The molecule has 1 saturated heterocycles. The molecule has 1 fully saturated rings. The molecule has 1 aliphatic rings. The van der Waals surface area contributed by atoms with Crippen LogP contribution in [0.2, 0.25) is 0 Å². The average molecular weight is 403 g/mol. The van der Waals surface area contributed by atoms with E-state index in [1.807, 2.05) is 24.3 Å². The third-order valence-corrected chi connectivity index (χ3v) is 5.20. The molecule has 4 rings (SSSR count). The van der Waals surface area contributed by atoms with Gasteiger partial charge in [0, 0.05) is 12.1 Å². The molecule has 0 radical (unpaired) electrons. The summed E-state index contributed by atoms with van der Waals surface area (Å²) in [6, 6.07) is 21.8. The molecule has 1 heterocycles. The van der Waals surface area contributed by atoms with E-state index in [1.54, 1.807) is 48.5 Å². The third kappa shape index (κ3) is 5.19. The Balaban J connectivity index is 1.40. The second-order valence-electron chi connectivity index (χ2n) is 7.43. The van der Waals surface area contributed by atoms with E-state index >= 15 is 0 Å². The smallest absolute Gasteiger partial charge is 0.343 e. The Kier molecular flexibility index (Phi) is 6.30. The number of hydrogen-bond acceptors (Lipinski definition) is 5. The van der Waals surface area contributed by atoms with Crippen LogP contribution in [-0.2, 0) is 0 Å². The van der Waals surface area contributed by atoms with E-state index in [0.717, 1.165) is 24.1 Å². The van der Waals surface area contributed by atoms with Gasteiger partial charge in [0.15, 0.2) is 0 Å². The lowest BCUT2D eigenvalue weighted by molar-refractivity contribution is 0.0735. The Bertz CT molecular complexity index is 980. The Morgan fingerprint density at radius 1 is 0.967 bits per heavy atom. The SMILES string of the molecule is O=C(Oc1ccc(-c2cc(O)cc(OCCC3CCCN3)c2)cc1)c1ccccc1. The number of nitrogens with one attached hydrogen (secondary N) is 1. The highest BCUT2D eigenvalue weighted by Crippen LogP contribution is 2.30. The molecule has 5 nitrogen and oxygen atoms in total. The zero-order valence-corrected chi connectivity index (χ0v) is 16.7. The van der Waals surface area contributed by atoms with Crippen molar-refractivity contribution in [3.05, 3.63) is 78.4 Å². The lowest BCUT2D eigenvalue weighted by Gasteiger charge is -2.13. The topological polar surface area (TPSA) is 67.8 Å². The number of ether oxygens (including phenoxy) is 2. The van der Waals surface area contributed by atoms with Crippen molar-refractivity contribution in [2.45, 2.75) is 25.3 Å². The summed E-state index contributed by atoms with van der Waals surface area (Å²) in [6.07, 6.45) is 3.36. The van der Waals surface area contributed by atoms with Crippen molar-refractivity contribution in [1.29, 1.82) is 0 Å². The summed E-state index contributed by atoms with van der Waals surface area (Å²) in [6.45, 7) is 1.69. The fourth-order valence-corrected chi connectivity index (χ4v) is 3.61. The van der Waals surface area contributed by atoms with Gasteiger partial charge in [-0.25, -0.2) is 4.79 Å². The van der Waals surface area contributed by atoms with Crippen molar-refractivity contribution in [3.63, 3.8) is 0 Å². The monoisotopic (exact) mass is 403 g/mol. The molecule has 0 saturated carbocycles. The first-order valence-corrected chi connectivity index (χ1v) is 10.3. The summed E-state index contributed by atoms with van der Waals surface area (Å²) >= 11 is 0. The Morgan fingerprint density at radius 2 is 1.77 bits per heavy atom. The lowest BCUT2D eigenvalue weighted by Crippen LogP contribution is -2.23. The van der Waals surface area contributed by atoms with Crippen molar-refractivity contribution in [1.82, 2.24) is 5.32 Å². The van der Waals surface area contributed by atoms with Crippen LogP contribution >= 0.6 is 0 Å². The third-order valence-electron chi connectivity index (χ3n) is 5.20. The minimum Gasteiger partial charge on any atom is -0.508 e. The van der Waals surface area contributed by atoms with E-state index in [1.165, 1.54) is 12.8 Å². The largest absolute Gasteiger partial charge is 0.508 e. The Morgan fingerprint density at radius 3 is 2.50 bits per heavy atom. The number of aromatic hydroxyl groups is 1. The van der Waals surface area contributed by atoms with Gasteiger partial charge >= 0.3 is 5.97 Å². The second kappa shape index (κ2) is 9.46. The predicted octanol–water partition coefficient (Wildman–Crippen LogP) is 4.80. The Hall–Kier alpha value is -3.31. The quantitative estimate of drug-likeness (QED) is 0.438. The molecule has 1 atom stereocenters. The summed E-state index contributed by atoms with van der Waals surface area (Å²) in [5.41, 5.74) is 2.24. The van der Waals surface area contributed by atoms with Gasteiger partial charge in [0.25, 0.3) is 0 Å². The van der Waals surface area contributed by atoms with Crippen molar-refractivity contribution >= 4 is 5.97 Å². The number of carbonyl (C=O) groups is 1. The summed E-state index contributed by atoms with van der Waals surface area (Å²) in [5, 5.41) is 13.6. The van der Waals surface area contributed by atoms with E-state index in [2.05, 4.69) is 5.32 Å². The fourth-order valence-electron chi connectivity index (χ4n) is 3.61. The lowest BCUT2D eigenvalue weighted by atomic mass is 10.0. The van der Waals surface area contributed by atoms with Crippen LogP contribution in [0.4, 0.5) is 0 Å². The first-order chi connectivity index (χ1) is 14.7. The molecule has 2 N–H and O–H groups in total. The van der Waals surface area contributed by atoms with Crippen LogP contribution in [0.3, 0.4) is 0 Å². The van der Waals surface area contributed by atoms with E-state index in [0.29, 0.717) is 29.7 Å². The number of phenols is 1. The number of benzene rings is 3. The maximum absolute atomic E-state index is 12.2. The molecular weight excluding hydrogens is 378 g/mol. The highest BCUT2D eigenvalue weighted by Gasteiger charge is 2.14. The fraction of sp³-hybridized carbons (Fsp3) is 0.240. The minimum atomic E-state index is -0.395. The van der Waals surface area contributed by atoms with Gasteiger partial charge in [0.1, 0.15) is 17.2 Å². The van der Waals surface area contributed by atoms with Gasteiger partial charge in [-0.2, -0.15) is 0 Å². The number of carbonyl (C=O) groups excluding carboxylic acids is 1. The van der Waals surface area contributed by atoms with Crippen molar-refractivity contribution in [2.75, 3.05) is 13.2 Å². The maximum Gasteiger partial charge on any atom is 0.343 e.